The maximum atomic E-state index is 13.0. The third-order valence-electron chi connectivity index (χ3n) is 2.73. The Morgan fingerprint density at radius 2 is 2.10 bits per heavy atom. The fourth-order valence-electron chi connectivity index (χ4n) is 1.89. The van der Waals surface area contributed by atoms with Crippen molar-refractivity contribution in [3.8, 4) is 11.3 Å². The molecule has 2 rings (SSSR count). The van der Waals surface area contributed by atoms with Crippen LogP contribution in [0.15, 0.2) is 35.6 Å². The fourth-order valence-corrected chi connectivity index (χ4v) is 2.61. The van der Waals surface area contributed by atoms with Gasteiger partial charge in [-0.25, -0.2) is 9.37 Å². The van der Waals surface area contributed by atoms with Crippen LogP contribution < -0.4 is 5.11 Å². The Morgan fingerprint density at radius 3 is 2.70 bits per heavy atom. The fraction of sp³-hybridized carbons (Fsp3) is 0.286. The number of thioether (sulfide) groups is 1. The zero-order chi connectivity index (χ0) is 14.5. The standard InChI is InChI=1S/C14H15FN2O2S/c1-2-7-17-12(10-3-5-11(15)6-4-10)8-16-14(17)20-9-13(18)19/h3-6,8H,2,7,9H2,1H3,(H,18,19)/p-1. The Labute approximate surface area is 120 Å². The number of carbonyl (C=O) groups is 1. The lowest BCUT2D eigenvalue weighted by Gasteiger charge is -2.11. The average molecular weight is 293 g/mol. The van der Waals surface area contributed by atoms with E-state index in [1.54, 1.807) is 18.3 Å². The van der Waals surface area contributed by atoms with Crippen LogP contribution in [0.2, 0.25) is 0 Å². The summed E-state index contributed by atoms with van der Waals surface area (Å²) in [5, 5.41) is 11.2. The first-order valence-corrected chi connectivity index (χ1v) is 7.24. The summed E-state index contributed by atoms with van der Waals surface area (Å²) in [6, 6.07) is 6.16. The van der Waals surface area contributed by atoms with Gasteiger partial charge in [-0.3, -0.25) is 0 Å². The van der Waals surface area contributed by atoms with Gasteiger partial charge in [0, 0.05) is 12.3 Å². The van der Waals surface area contributed by atoms with Crippen LogP contribution in [0.3, 0.4) is 0 Å². The van der Waals surface area contributed by atoms with Crippen molar-refractivity contribution in [2.24, 2.45) is 0 Å². The molecule has 0 spiro atoms. The molecule has 1 aromatic carbocycles. The number of aliphatic carboxylic acids is 1. The molecular weight excluding hydrogens is 279 g/mol. The Kier molecular flexibility index (Phi) is 4.79. The highest BCUT2D eigenvalue weighted by atomic mass is 32.2. The second-order valence-corrected chi connectivity index (χ2v) is 5.19. The van der Waals surface area contributed by atoms with E-state index in [9.17, 15) is 14.3 Å². The number of carboxylic acids is 1. The molecule has 0 aliphatic rings. The molecule has 0 aliphatic heterocycles. The highest BCUT2D eigenvalue weighted by Gasteiger charge is 2.11. The summed E-state index contributed by atoms with van der Waals surface area (Å²) in [4.78, 5) is 14.8. The Balaban J connectivity index is 2.32. The normalized spacial score (nSPS) is 10.7. The van der Waals surface area contributed by atoms with Gasteiger partial charge in [0.15, 0.2) is 5.16 Å². The molecule has 0 saturated carbocycles. The van der Waals surface area contributed by atoms with Crippen LogP contribution in [0.25, 0.3) is 11.3 Å². The molecule has 0 aliphatic carbocycles. The predicted molar refractivity (Wildman–Crippen MR) is 73.6 cm³/mol. The van der Waals surface area contributed by atoms with Crippen molar-refractivity contribution >= 4 is 17.7 Å². The molecule has 0 radical (unpaired) electrons. The zero-order valence-electron chi connectivity index (χ0n) is 11.0. The van der Waals surface area contributed by atoms with Gasteiger partial charge in [-0.1, -0.05) is 18.7 Å². The summed E-state index contributed by atoms with van der Waals surface area (Å²) in [6.45, 7) is 2.75. The molecule has 106 valence electrons. The SMILES string of the molecule is CCCn1c(-c2ccc(F)cc2)cnc1SCC(=O)[O-]. The minimum atomic E-state index is -1.12. The van der Waals surface area contributed by atoms with Crippen molar-refractivity contribution in [1.82, 2.24) is 9.55 Å². The highest BCUT2D eigenvalue weighted by Crippen LogP contribution is 2.26. The van der Waals surface area contributed by atoms with Crippen molar-refractivity contribution in [1.29, 1.82) is 0 Å². The molecule has 0 bridgehead atoms. The number of benzene rings is 1. The summed E-state index contributed by atoms with van der Waals surface area (Å²) in [5.41, 5.74) is 1.71. The Bertz CT molecular complexity index is 596. The largest absolute Gasteiger partial charge is 0.549 e. The van der Waals surface area contributed by atoms with E-state index in [-0.39, 0.29) is 11.6 Å². The number of halogens is 1. The summed E-state index contributed by atoms with van der Waals surface area (Å²) in [6.07, 6.45) is 2.57. The lowest BCUT2D eigenvalue weighted by Crippen LogP contribution is -2.24. The topological polar surface area (TPSA) is 58.0 Å². The number of carbonyl (C=O) groups excluding carboxylic acids is 1. The van der Waals surface area contributed by atoms with Crippen LogP contribution in [0, 0.1) is 5.82 Å². The third-order valence-corrected chi connectivity index (χ3v) is 3.69. The smallest absolute Gasteiger partial charge is 0.168 e. The van der Waals surface area contributed by atoms with Gasteiger partial charge in [0.25, 0.3) is 0 Å². The van der Waals surface area contributed by atoms with E-state index in [0.717, 1.165) is 36.0 Å². The molecule has 2 aromatic rings. The molecule has 0 fully saturated rings. The molecule has 0 N–H and O–H groups in total. The summed E-state index contributed by atoms with van der Waals surface area (Å²) in [7, 11) is 0. The first kappa shape index (κ1) is 14.6. The molecule has 0 saturated heterocycles. The van der Waals surface area contributed by atoms with E-state index in [0.29, 0.717) is 5.16 Å². The molecule has 20 heavy (non-hydrogen) atoms. The molecule has 0 unspecified atom stereocenters. The summed E-state index contributed by atoms with van der Waals surface area (Å²) < 4.78 is 14.9. The first-order valence-electron chi connectivity index (χ1n) is 6.26. The molecule has 1 aromatic heterocycles. The lowest BCUT2D eigenvalue weighted by atomic mass is 10.1. The number of hydrogen-bond acceptors (Lipinski definition) is 4. The van der Waals surface area contributed by atoms with Gasteiger partial charge < -0.3 is 14.5 Å². The number of aromatic nitrogens is 2. The monoisotopic (exact) mass is 293 g/mol. The van der Waals surface area contributed by atoms with Gasteiger partial charge in [-0.2, -0.15) is 0 Å². The van der Waals surface area contributed by atoms with E-state index in [2.05, 4.69) is 4.98 Å². The number of rotatable bonds is 6. The summed E-state index contributed by atoms with van der Waals surface area (Å²) >= 11 is 1.13. The van der Waals surface area contributed by atoms with Gasteiger partial charge in [0.2, 0.25) is 0 Å². The molecule has 6 heteroatoms. The first-order chi connectivity index (χ1) is 9.61. The van der Waals surface area contributed by atoms with Crippen molar-refractivity contribution in [2.45, 2.75) is 25.0 Å². The quantitative estimate of drug-likeness (QED) is 0.764. The van der Waals surface area contributed by atoms with Crippen LogP contribution in [-0.4, -0.2) is 21.3 Å². The number of nitrogens with zero attached hydrogens (tertiary/aromatic N) is 2. The third kappa shape index (κ3) is 3.39. The highest BCUT2D eigenvalue weighted by molar-refractivity contribution is 7.99. The van der Waals surface area contributed by atoms with Crippen molar-refractivity contribution < 1.29 is 14.3 Å². The van der Waals surface area contributed by atoms with Gasteiger partial charge in [0.1, 0.15) is 5.82 Å². The second-order valence-electron chi connectivity index (χ2n) is 4.25. The Morgan fingerprint density at radius 1 is 1.40 bits per heavy atom. The van der Waals surface area contributed by atoms with Gasteiger partial charge in [0.05, 0.1) is 17.9 Å². The molecule has 0 atom stereocenters. The van der Waals surface area contributed by atoms with Gasteiger partial charge >= 0.3 is 0 Å². The van der Waals surface area contributed by atoms with Crippen LogP contribution in [0.4, 0.5) is 4.39 Å². The van der Waals surface area contributed by atoms with E-state index < -0.39 is 5.97 Å². The van der Waals surface area contributed by atoms with Gasteiger partial charge in [-0.15, -0.1) is 0 Å². The average Bonchev–Trinajstić information content (AvgIpc) is 2.81. The number of imidazole rings is 1. The molecule has 0 amide bonds. The molecular formula is C14H14FN2O2S-. The zero-order valence-corrected chi connectivity index (χ0v) is 11.8. The van der Waals surface area contributed by atoms with Crippen molar-refractivity contribution in [2.75, 3.05) is 5.75 Å². The van der Waals surface area contributed by atoms with Gasteiger partial charge in [-0.05, 0) is 36.2 Å². The number of carboxylic acid groups (broad SMARTS) is 1. The molecule has 4 nitrogen and oxygen atoms in total. The van der Waals surface area contributed by atoms with E-state index in [4.69, 9.17) is 0 Å². The molecule has 1 heterocycles. The summed E-state index contributed by atoms with van der Waals surface area (Å²) in [5.74, 6) is -1.55. The maximum Gasteiger partial charge on any atom is 0.168 e. The lowest BCUT2D eigenvalue weighted by molar-refractivity contribution is -0.301. The van der Waals surface area contributed by atoms with E-state index in [1.165, 1.54) is 12.1 Å². The van der Waals surface area contributed by atoms with Crippen LogP contribution >= 0.6 is 11.8 Å². The van der Waals surface area contributed by atoms with Crippen LogP contribution in [0.1, 0.15) is 13.3 Å². The van der Waals surface area contributed by atoms with Crippen LogP contribution in [0.5, 0.6) is 0 Å². The van der Waals surface area contributed by atoms with Crippen molar-refractivity contribution in [3.63, 3.8) is 0 Å². The minimum absolute atomic E-state index is 0.135. The number of hydrogen-bond donors (Lipinski definition) is 0. The minimum Gasteiger partial charge on any atom is -0.549 e. The van der Waals surface area contributed by atoms with E-state index >= 15 is 0 Å². The van der Waals surface area contributed by atoms with Crippen molar-refractivity contribution in [3.05, 3.63) is 36.3 Å². The van der Waals surface area contributed by atoms with E-state index in [1.807, 2.05) is 11.5 Å². The predicted octanol–water partition coefficient (Wildman–Crippen LogP) is 1.94. The second kappa shape index (κ2) is 6.56. The maximum absolute atomic E-state index is 13.0. The Hall–Kier alpha value is -1.82. The van der Waals surface area contributed by atoms with Crippen LogP contribution in [-0.2, 0) is 11.3 Å².